The van der Waals surface area contributed by atoms with Crippen LogP contribution in [0, 0.1) is 22.6 Å². The number of hydrogen-bond acceptors (Lipinski definition) is 3. The molecule has 0 aliphatic heterocycles. The van der Waals surface area contributed by atoms with Gasteiger partial charge in [0.1, 0.15) is 5.82 Å². The van der Waals surface area contributed by atoms with E-state index in [4.69, 9.17) is 10.00 Å². The van der Waals surface area contributed by atoms with Crippen LogP contribution in [0.5, 0.6) is 0 Å². The zero-order valence-corrected chi connectivity index (χ0v) is 11.8. The summed E-state index contributed by atoms with van der Waals surface area (Å²) < 4.78 is 18.3. The maximum atomic E-state index is 13.2. The molecule has 0 bridgehead atoms. The fourth-order valence-electron chi connectivity index (χ4n) is 1.83. The summed E-state index contributed by atoms with van der Waals surface area (Å²) in [7, 11) is 1.69. The number of nitrogens with zero attached hydrogens (tertiary/aromatic N) is 1. The van der Waals surface area contributed by atoms with Crippen molar-refractivity contribution < 1.29 is 9.13 Å². The van der Waals surface area contributed by atoms with E-state index < -0.39 is 0 Å². The number of halogens is 1. The van der Waals surface area contributed by atoms with Crippen LogP contribution in [0.1, 0.15) is 31.4 Å². The molecule has 0 aliphatic carbocycles. The van der Waals surface area contributed by atoms with Gasteiger partial charge in [0.25, 0.3) is 0 Å². The Morgan fingerprint density at radius 1 is 1.37 bits per heavy atom. The van der Waals surface area contributed by atoms with E-state index in [2.05, 4.69) is 19.2 Å². The number of rotatable bonds is 7. The molecule has 4 heteroatoms. The largest absolute Gasteiger partial charge is 0.385 e. The van der Waals surface area contributed by atoms with Crippen molar-refractivity contribution in [2.45, 2.75) is 26.8 Å². The van der Waals surface area contributed by atoms with Gasteiger partial charge in [-0.15, -0.1) is 0 Å². The van der Waals surface area contributed by atoms with Crippen LogP contribution in [0.3, 0.4) is 0 Å². The third kappa shape index (κ3) is 5.82. The van der Waals surface area contributed by atoms with Crippen LogP contribution >= 0.6 is 0 Å². The number of methoxy groups -OCH3 is 1. The quantitative estimate of drug-likeness (QED) is 0.823. The second-order valence-corrected chi connectivity index (χ2v) is 5.47. The van der Waals surface area contributed by atoms with Gasteiger partial charge in [-0.3, -0.25) is 0 Å². The third-order valence-electron chi connectivity index (χ3n) is 3.00. The smallest absolute Gasteiger partial charge is 0.124 e. The molecule has 0 atom stereocenters. The summed E-state index contributed by atoms with van der Waals surface area (Å²) in [5.74, 6) is -0.366. The van der Waals surface area contributed by atoms with Crippen molar-refractivity contribution >= 4 is 0 Å². The van der Waals surface area contributed by atoms with Gasteiger partial charge in [-0.2, -0.15) is 5.26 Å². The third-order valence-corrected chi connectivity index (χ3v) is 3.00. The molecule has 0 amide bonds. The van der Waals surface area contributed by atoms with Crippen molar-refractivity contribution in [3.63, 3.8) is 0 Å². The molecule has 1 rings (SSSR count). The first-order valence-corrected chi connectivity index (χ1v) is 6.36. The minimum atomic E-state index is -0.366. The van der Waals surface area contributed by atoms with E-state index >= 15 is 0 Å². The second-order valence-electron chi connectivity index (χ2n) is 5.47. The molecule has 0 saturated heterocycles. The zero-order valence-electron chi connectivity index (χ0n) is 11.8. The summed E-state index contributed by atoms with van der Waals surface area (Å²) in [6.45, 7) is 6.42. The van der Waals surface area contributed by atoms with Crippen molar-refractivity contribution in [2.75, 3.05) is 20.3 Å². The van der Waals surface area contributed by atoms with Crippen LogP contribution in [-0.4, -0.2) is 20.3 Å². The number of nitrogens with one attached hydrogen (secondary N) is 1. The van der Waals surface area contributed by atoms with E-state index in [-0.39, 0.29) is 11.2 Å². The lowest BCUT2D eigenvalue weighted by molar-refractivity contribution is 0.150. The van der Waals surface area contributed by atoms with Crippen LogP contribution in [-0.2, 0) is 11.3 Å². The summed E-state index contributed by atoms with van der Waals surface area (Å²) in [6, 6.07) is 6.36. The van der Waals surface area contributed by atoms with Gasteiger partial charge < -0.3 is 10.1 Å². The minimum absolute atomic E-state index is 0.126. The van der Waals surface area contributed by atoms with Crippen molar-refractivity contribution in [2.24, 2.45) is 5.41 Å². The Labute approximate surface area is 114 Å². The van der Waals surface area contributed by atoms with Crippen LogP contribution < -0.4 is 5.32 Å². The highest BCUT2D eigenvalue weighted by Crippen LogP contribution is 2.19. The van der Waals surface area contributed by atoms with Gasteiger partial charge in [0.2, 0.25) is 0 Å². The Morgan fingerprint density at radius 2 is 2.11 bits per heavy atom. The lowest BCUT2D eigenvalue weighted by Crippen LogP contribution is -2.30. The highest BCUT2D eigenvalue weighted by molar-refractivity contribution is 5.33. The van der Waals surface area contributed by atoms with Crippen LogP contribution in [0.25, 0.3) is 0 Å². The first-order valence-electron chi connectivity index (χ1n) is 6.36. The summed E-state index contributed by atoms with van der Waals surface area (Å²) in [5.41, 5.74) is 1.27. The van der Waals surface area contributed by atoms with Crippen LogP contribution in [0.2, 0.25) is 0 Å². The first-order chi connectivity index (χ1) is 8.96. The van der Waals surface area contributed by atoms with E-state index in [0.29, 0.717) is 12.1 Å². The Kier molecular flexibility index (Phi) is 5.94. The maximum absolute atomic E-state index is 13.2. The van der Waals surface area contributed by atoms with E-state index in [9.17, 15) is 4.39 Å². The van der Waals surface area contributed by atoms with Crippen molar-refractivity contribution in [1.82, 2.24) is 5.32 Å². The average Bonchev–Trinajstić information content (AvgIpc) is 2.35. The Bertz CT molecular complexity index is 452. The van der Waals surface area contributed by atoms with E-state index in [0.717, 1.165) is 25.1 Å². The highest BCUT2D eigenvalue weighted by atomic mass is 19.1. The minimum Gasteiger partial charge on any atom is -0.385 e. The molecule has 0 saturated carbocycles. The molecule has 19 heavy (non-hydrogen) atoms. The zero-order chi connectivity index (χ0) is 14.3. The molecule has 0 radical (unpaired) electrons. The molecule has 3 nitrogen and oxygen atoms in total. The van der Waals surface area contributed by atoms with Gasteiger partial charge in [0, 0.05) is 26.8 Å². The molecule has 0 unspecified atom stereocenters. The van der Waals surface area contributed by atoms with Gasteiger partial charge in [-0.05, 0) is 35.6 Å². The number of nitriles is 1. The molecule has 0 aliphatic rings. The normalized spacial score (nSPS) is 11.3. The van der Waals surface area contributed by atoms with Crippen molar-refractivity contribution in [1.29, 1.82) is 5.26 Å². The average molecular weight is 264 g/mol. The van der Waals surface area contributed by atoms with Gasteiger partial charge in [-0.1, -0.05) is 13.8 Å². The fourth-order valence-corrected chi connectivity index (χ4v) is 1.83. The monoisotopic (exact) mass is 264 g/mol. The predicted molar refractivity (Wildman–Crippen MR) is 73.1 cm³/mol. The standard InChI is InChI=1S/C15H21FN2O/c1-15(2,4-5-19-3)11-18-10-13-6-12(9-17)7-14(16)8-13/h6-8,18H,4-5,10-11H2,1-3H3. The highest BCUT2D eigenvalue weighted by Gasteiger charge is 2.16. The Hall–Kier alpha value is -1.44. The van der Waals surface area contributed by atoms with Gasteiger partial charge in [-0.25, -0.2) is 4.39 Å². The lowest BCUT2D eigenvalue weighted by Gasteiger charge is -2.24. The van der Waals surface area contributed by atoms with E-state index in [1.54, 1.807) is 13.2 Å². The number of ether oxygens (including phenoxy) is 1. The first kappa shape index (κ1) is 15.6. The van der Waals surface area contributed by atoms with Crippen LogP contribution in [0.15, 0.2) is 18.2 Å². The van der Waals surface area contributed by atoms with Gasteiger partial charge in [0.15, 0.2) is 0 Å². The number of hydrogen-bond donors (Lipinski definition) is 1. The van der Waals surface area contributed by atoms with Crippen LogP contribution in [0.4, 0.5) is 4.39 Å². The Balaban J connectivity index is 2.49. The summed E-state index contributed by atoms with van der Waals surface area (Å²) in [5, 5.41) is 12.1. The van der Waals surface area contributed by atoms with E-state index in [1.807, 2.05) is 6.07 Å². The van der Waals surface area contributed by atoms with Crippen molar-refractivity contribution in [3.8, 4) is 6.07 Å². The van der Waals surface area contributed by atoms with Gasteiger partial charge in [0.05, 0.1) is 11.6 Å². The molecule has 0 heterocycles. The number of benzene rings is 1. The molecule has 1 aromatic rings. The molecule has 0 aromatic heterocycles. The lowest BCUT2D eigenvalue weighted by atomic mass is 9.89. The molecule has 1 N–H and O–H groups in total. The van der Waals surface area contributed by atoms with E-state index in [1.165, 1.54) is 12.1 Å². The van der Waals surface area contributed by atoms with Gasteiger partial charge >= 0.3 is 0 Å². The topological polar surface area (TPSA) is 45.0 Å². The summed E-state index contributed by atoms with van der Waals surface area (Å²) in [4.78, 5) is 0. The predicted octanol–water partition coefficient (Wildman–Crippen LogP) is 2.85. The molecule has 0 spiro atoms. The summed E-state index contributed by atoms with van der Waals surface area (Å²) >= 11 is 0. The summed E-state index contributed by atoms with van der Waals surface area (Å²) in [6.07, 6.45) is 0.961. The molecule has 0 fully saturated rings. The molecular formula is C15H21FN2O. The Morgan fingerprint density at radius 3 is 2.74 bits per heavy atom. The molecule has 1 aromatic carbocycles. The fraction of sp³-hybridized carbons (Fsp3) is 0.533. The molecule has 104 valence electrons. The maximum Gasteiger partial charge on any atom is 0.124 e. The SMILES string of the molecule is COCCC(C)(C)CNCc1cc(F)cc(C#N)c1. The van der Waals surface area contributed by atoms with Crippen molar-refractivity contribution in [3.05, 3.63) is 35.1 Å². The second kappa shape index (κ2) is 7.22. The molecular weight excluding hydrogens is 243 g/mol.